The number of fused-ring (bicyclic) bond motifs is 4. The van der Waals surface area contributed by atoms with Gasteiger partial charge in [0.2, 0.25) is 0 Å². The van der Waals surface area contributed by atoms with Crippen molar-refractivity contribution in [3.8, 4) is 0 Å². The van der Waals surface area contributed by atoms with Crippen LogP contribution in [0.3, 0.4) is 0 Å². The molecule has 6 nitrogen and oxygen atoms in total. The normalized spacial score (nSPS) is 74.1. The van der Waals surface area contributed by atoms with Gasteiger partial charge < -0.3 is 29.2 Å². The molecule has 0 aromatic heterocycles. The van der Waals surface area contributed by atoms with Crippen molar-refractivity contribution in [3.63, 3.8) is 0 Å². The molecule has 6 aliphatic carbocycles. The zero-order chi connectivity index (χ0) is 18.7. The maximum absolute atomic E-state index is 12.4. The van der Waals surface area contributed by atoms with Crippen LogP contribution in [0.25, 0.3) is 0 Å². The van der Waals surface area contributed by atoms with Gasteiger partial charge in [0.15, 0.2) is 12.6 Å². The Hall–Kier alpha value is -0.240. The molecule has 2 N–H and O–H groups in total. The molecule has 0 amide bonds. The monoisotopic (exact) mass is 390 g/mol. The first kappa shape index (κ1) is 16.5. The van der Waals surface area contributed by atoms with E-state index in [0.29, 0.717) is 35.5 Å². The summed E-state index contributed by atoms with van der Waals surface area (Å²) in [4.78, 5) is 0. The Kier molecular flexibility index (Phi) is 2.74. The highest BCUT2D eigenvalue weighted by Gasteiger charge is 2.89. The van der Waals surface area contributed by atoms with Crippen LogP contribution in [0.4, 0.5) is 0 Å². The lowest BCUT2D eigenvalue weighted by molar-refractivity contribution is -0.317. The summed E-state index contributed by atoms with van der Waals surface area (Å²) in [6, 6.07) is 0. The van der Waals surface area contributed by atoms with Crippen molar-refractivity contribution in [2.24, 2.45) is 59.2 Å². The van der Waals surface area contributed by atoms with Crippen LogP contribution in [0.5, 0.6) is 0 Å². The minimum atomic E-state index is -0.913. The first-order valence-electron chi connectivity index (χ1n) is 11.4. The maximum atomic E-state index is 12.4. The molecule has 8 aliphatic rings. The van der Waals surface area contributed by atoms with E-state index < -0.39 is 23.8 Å². The van der Waals surface area contributed by atoms with Gasteiger partial charge in [-0.05, 0) is 73.0 Å². The molecule has 0 unspecified atom stereocenters. The van der Waals surface area contributed by atoms with E-state index in [1.54, 1.807) is 14.2 Å². The Labute approximate surface area is 164 Å². The zero-order valence-electron chi connectivity index (χ0n) is 16.4. The van der Waals surface area contributed by atoms with Crippen LogP contribution in [0.1, 0.15) is 25.7 Å². The molecule has 0 bridgehead atoms. The lowest BCUT2D eigenvalue weighted by atomic mass is 9.67. The van der Waals surface area contributed by atoms with Gasteiger partial charge >= 0.3 is 0 Å². The molecule has 28 heavy (non-hydrogen) atoms. The number of rotatable bonds is 2. The van der Waals surface area contributed by atoms with Crippen molar-refractivity contribution in [2.45, 2.75) is 61.7 Å². The predicted molar refractivity (Wildman–Crippen MR) is 94.6 cm³/mol. The van der Waals surface area contributed by atoms with Gasteiger partial charge in [-0.2, -0.15) is 0 Å². The third-order valence-electron chi connectivity index (χ3n) is 11.2. The van der Waals surface area contributed by atoms with Crippen LogP contribution < -0.4 is 0 Å². The standard InChI is InChI=1S/C22H30O6/c1-25-19-21(23)15-7-4-6-10-12(7)18-13(15)14-16(22(18,24)20(26-2)28-10)8-3-5-9(27-19)11(8)17(14)21/h7-20,23-24H,3-6H2,1-2H3/t7-,8+,9+,10-,11-,12-,13-,14+,15-,16+,17+,18-,19-,20-,21+,22-/m1/s1. The molecule has 2 aliphatic heterocycles. The second-order valence-electron chi connectivity index (χ2n) is 11.2. The summed E-state index contributed by atoms with van der Waals surface area (Å²) in [5.74, 6) is 2.90. The second-order valence-corrected chi connectivity index (χ2v) is 11.2. The second kappa shape index (κ2) is 4.66. The first-order valence-corrected chi connectivity index (χ1v) is 11.4. The van der Waals surface area contributed by atoms with Crippen molar-refractivity contribution >= 4 is 0 Å². The van der Waals surface area contributed by atoms with E-state index in [2.05, 4.69) is 0 Å². The van der Waals surface area contributed by atoms with Crippen molar-refractivity contribution in [2.75, 3.05) is 14.2 Å². The molecule has 2 heterocycles. The number of methoxy groups -OCH3 is 2. The van der Waals surface area contributed by atoms with Gasteiger partial charge in [0.05, 0.1) is 12.2 Å². The van der Waals surface area contributed by atoms with E-state index in [4.69, 9.17) is 18.9 Å². The molecule has 0 aromatic carbocycles. The fraction of sp³-hybridized carbons (Fsp3) is 1.00. The minimum absolute atomic E-state index is 0.157. The van der Waals surface area contributed by atoms with Crippen molar-refractivity contribution in [1.82, 2.24) is 0 Å². The molecule has 2 saturated heterocycles. The molecule has 6 heteroatoms. The van der Waals surface area contributed by atoms with Crippen molar-refractivity contribution < 1.29 is 29.2 Å². The van der Waals surface area contributed by atoms with Crippen LogP contribution in [-0.4, -0.2) is 60.4 Å². The molecule has 8 fully saturated rings. The Morgan fingerprint density at radius 2 is 1.07 bits per heavy atom. The molecule has 8 rings (SSSR count). The summed E-state index contributed by atoms with van der Waals surface area (Å²) < 4.78 is 24.6. The Morgan fingerprint density at radius 3 is 1.46 bits per heavy atom. The van der Waals surface area contributed by atoms with Crippen molar-refractivity contribution in [3.05, 3.63) is 0 Å². The maximum Gasteiger partial charge on any atom is 0.186 e. The fourth-order valence-corrected chi connectivity index (χ4v) is 11.3. The van der Waals surface area contributed by atoms with Crippen molar-refractivity contribution in [1.29, 1.82) is 0 Å². The van der Waals surface area contributed by atoms with Gasteiger partial charge in [0.25, 0.3) is 0 Å². The van der Waals surface area contributed by atoms with Crippen LogP contribution in [0, 0.1) is 59.2 Å². The number of aliphatic hydroxyl groups is 2. The van der Waals surface area contributed by atoms with Gasteiger partial charge in [0.1, 0.15) is 11.2 Å². The lowest BCUT2D eigenvalue weighted by Gasteiger charge is -2.51. The molecule has 154 valence electrons. The van der Waals surface area contributed by atoms with Crippen LogP contribution in [-0.2, 0) is 18.9 Å². The molecule has 16 atom stereocenters. The summed E-state index contributed by atoms with van der Waals surface area (Å²) >= 11 is 0. The largest absolute Gasteiger partial charge is 0.384 e. The highest BCUT2D eigenvalue weighted by atomic mass is 16.7. The third kappa shape index (κ3) is 1.31. The molecular weight excluding hydrogens is 360 g/mol. The zero-order valence-corrected chi connectivity index (χ0v) is 16.4. The predicted octanol–water partition coefficient (Wildman–Crippen LogP) is 0.995. The highest BCUT2D eigenvalue weighted by Crippen LogP contribution is 2.84. The molecule has 0 radical (unpaired) electrons. The van der Waals surface area contributed by atoms with Gasteiger partial charge in [-0.3, -0.25) is 0 Å². The Balaban J connectivity index is 1.41. The summed E-state index contributed by atoms with van der Waals surface area (Å²) in [7, 11) is 3.38. The smallest absolute Gasteiger partial charge is 0.186 e. The third-order valence-corrected chi connectivity index (χ3v) is 11.2. The Morgan fingerprint density at radius 1 is 0.643 bits per heavy atom. The molecule has 0 aromatic rings. The van der Waals surface area contributed by atoms with E-state index in [9.17, 15) is 10.2 Å². The molecular formula is C22H30O6. The van der Waals surface area contributed by atoms with Gasteiger partial charge in [-0.15, -0.1) is 0 Å². The van der Waals surface area contributed by atoms with E-state index in [1.807, 2.05) is 0 Å². The summed E-state index contributed by atoms with van der Waals surface area (Å²) in [5, 5.41) is 24.7. The average Bonchev–Trinajstić information content (AvgIpc) is 3.44. The van der Waals surface area contributed by atoms with E-state index in [-0.39, 0.29) is 35.9 Å². The fourth-order valence-electron chi connectivity index (χ4n) is 11.3. The number of hydrogen-bond acceptors (Lipinski definition) is 6. The van der Waals surface area contributed by atoms with Crippen LogP contribution in [0.15, 0.2) is 0 Å². The van der Waals surface area contributed by atoms with Gasteiger partial charge in [-0.25, -0.2) is 0 Å². The minimum Gasteiger partial charge on any atom is -0.384 e. The van der Waals surface area contributed by atoms with E-state index in [0.717, 1.165) is 25.7 Å². The quantitative estimate of drug-likeness (QED) is 0.733. The van der Waals surface area contributed by atoms with Gasteiger partial charge in [0, 0.05) is 26.1 Å². The SMILES string of the molecule is CO[C@@H]1O[C@H]2CC[C@H]3[C@H]2[C@H]2[C@H]4[C@H]5[C@H]6[C@@H]7[C@@H](CC[C@H]7O[C@@H](OC)[C@@]6(O)[C@@H]34)[C@H]5[C@@]12O. The summed E-state index contributed by atoms with van der Waals surface area (Å²) in [6.07, 6.45) is 3.41. The van der Waals surface area contributed by atoms with Gasteiger partial charge in [-0.1, -0.05) is 0 Å². The Bertz CT molecular complexity index is 697. The highest BCUT2D eigenvalue weighted by molar-refractivity contribution is 5.35. The molecule has 0 spiro atoms. The van der Waals surface area contributed by atoms with Crippen LogP contribution in [0.2, 0.25) is 0 Å². The van der Waals surface area contributed by atoms with E-state index >= 15 is 0 Å². The molecule has 6 saturated carbocycles. The summed E-state index contributed by atoms with van der Waals surface area (Å²) in [6.45, 7) is 0. The van der Waals surface area contributed by atoms with Crippen LogP contribution >= 0.6 is 0 Å². The first-order chi connectivity index (χ1) is 13.6. The number of hydrogen-bond donors (Lipinski definition) is 2. The average molecular weight is 390 g/mol. The van der Waals surface area contributed by atoms with E-state index in [1.165, 1.54) is 0 Å². The number of ether oxygens (including phenoxy) is 4. The topological polar surface area (TPSA) is 77.4 Å². The summed E-state index contributed by atoms with van der Waals surface area (Å²) in [5.41, 5.74) is -1.83. The lowest BCUT2D eigenvalue weighted by Crippen LogP contribution is -2.62.